The molecule has 7 heteroatoms. The summed E-state index contributed by atoms with van der Waals surface area (Å²) in [5, 5.41) is 20.0. The van der Waals surface area contributed by atoms with Crippen molar-refractivity contribution in [1.29, 1.82) is 5.41 Å². The number of amides is 1. The van der Waals surface area contributed by atoms with Crippen LogP contribution in [-0.2, 0) is 4.79 Å². The lowest BCUT2D eigenvalue weighted by Gasteiger charge is -2.11. The fourth-order valence-corrected chi connectivity index (χ4v) is 2.98. The first-order chi connectivity index (χ1) is 12.4. The van der Waals surface area contributed by atoms with Gasteiger partial charge in [0, 0.05) is 29.4 Å². The van der Waals surface area contributed by atoms with Crippen molar-refractivity contribution in [2.24, 2.45) is 11.7 Å². The Morgan fingerprint density at radius 2 is 2.08 bits per heavy atom. The molecule has 0 saturated heterocycles. The highest BCUT2D eigenvalue weighted by Crippen LogP contribution is 2.18. The van der Waals surface area contributed by atoms with Crippen LogP contribution in [0.1, 0.15) is 55.1 Å². The average Bonchev–Trinajstić information content (AvgIpc) is 3.03. The number of aliphatic carboxylic acids is 1. The summed E-state index contributed by atoms with van der Waals surface area (Å²) in [6, 6.07) is 7.07. The van der Waals surface area contributed by atoms with E-state index < -0.39 is 5.97 Å². The lowest BCUT2D eigenvalue weighted by atomic mass is 9.96. The van der Waals surface area contributed by atoms with Crippen molar-refractivity contribution < 1.29 is 14.7 Å². The number of nitrogens with one attached hydrogen (secondary N) is 3. The summed E-state index contributed by atoms with van der Waals surface area (Å²) in [6.45, 7) is 2.55. The second-order valence-electron chi connectivity index (χ2n) is 6.52. The number of hydrogen-bond acceptors (Lipinski definition) is 3. The molecule has 0 aliphatic rings. The summed E-state index contributed by atoms with van der Waals surface area (Å²) >= 11 is 0. The molecule has 1 amide bonds. The number of aromatic nitrogens is 1. The Hall–Kier alpha value is -2.83. The molecule has 0 aliphatic carbocycles. The normalized spacial score (nSPS) is 12.0. The fourth-order valence-electron chi connectivity index (χ4n) is 2.98. The number of nitrogen functional groups attached to an aromatic ring is 1. The quantitative estimate of drug-likeness (QED) is 0.254. The van der Waals surface area contributed by atoms with Gasteiger partial charge in [0.15, 0.2) is 0 Å². The minimum absolute atomic E-state index is 0.00705. The summed E-state index contributed by atoms with van der Waals surface area (Å²) in [5.41, 5.74) is 7.39. The second kappa shape index (κ2) is 9.03. The Morgan fingerprint density at radius 3 is 2.73 bits per heavy atom. The molecule has 140 valence electrons. The van der Waals surface area contributed by atoms with Gasteiger partial charge in [0.25, 0.3) is 5.91 Å². The van der Waals surface area contributed by atoms with E-state index in [1.165, 1.54) is 0 Å². The maximum absolute atomic E-state index is 12.2. The number of carbonyl (C=O) groups is 2. The van der Waals surface area contributed by atoms with Crippen LogP contribution in [0.3, 0.4) is 0 Å². The molecule has 1 atom stereocenters. The van der Waals surface area contributed by atoms with Crippen LogP contribution in [0.15, 0.2) is 24.3 Å². The van der Waals surface area contributed by atoms with Crippen molar-refractivity contribution in [3.63, 3.8) is 0 Å². The van der Waals surface area contributed by atoms with E-state index in [1.807, 2.05) is 6.92 Å². The monoisotopic (exact) mass is 358 g/mol. The molecule has 6 N–H and O–H groups in total. The number of rotatable bonds is 10. The predicted octanol–water partition coefficient (Wildman–Crippen LogP) is 2.85. The molecule has 2 rings (SSSR count). The van der Waals surface area contributed by atoms with Gasteiger partial charge in [-0.25, -0.2) is 0 Å². The lowest BCUT2D eigenvalue weighted by molar-refractivity contribution is -0.138. The van der Waals surface area contributed by atoms with Crippen LogP contribution in [-0.4, -0.2) is 34.3 Å². The summed E-state index contributed by atoms with van der Waals surface area (Å²) in [5.74, 6) is -0.736. The van der Waals surface area contributed by atoms with E-state index in [2.05, 4.69) is 10.3 Å². The zero-order valence-electron chi connectivity index (χ0n) is 15.0. The van der Waals surface area contributed by atoms with Crippen LogP contribution in [0.4, 0.5) is 0 Å². The van der Waals surface area contributed by atoms with Gasteiger partial charge in [0.05, 0.1) is 0 Å². The highest BCUT2D eigenvalue weighted by atomic mass is 16.4. The van der Waals surface area contributed by atoms with Crippen molar-refractivity contribution in [1.82, 2.24) is 10.3 Å². The SMILES string of the molecule is CCC(CCCCNC(=O)c1cc2cc(C(=N)N)ccc2[nH]1)CC(=O)O. The summed E-state index contributed by atoms with van der Waals surface area (Å²) in [7, 11) is 0. The zero-order chi connectivity index (χ0) is 19.1. The Kier molecular flexibility index (Phi) is 6.77. The third-order valence-electron chi connectivity index (χ3n) is 4.54. The highest BCUT2D eigenvalue weighted by molar-refractivity contribution is 6.02. The Labute approximate surface area is 152 Å². The maximum Gasteiger partial charge on any atom is 0.303 e. The van der Waals surface area contributed by atoms with E-state index >= 15 is 0 Å². The number of fused-ring (bicyclic) bond motifs is 1. The molecule has 0 fully saturated rings. The van der Waals surface area contributed by atoms with Crippen LogP contribution in [0.5, 0.6) is 0 Å². The number of aromatic amines is 1. The lowest BCUT2D eigenvalue weighted by Crippen LogP contribution is -2.24. The van der Waals surface area contributed by atoms with Gasteiger partial charge in [0.2, 0.25) is 0 Å². The molecule has 7 nitrogen and oxygen atoms in total. The maximum atomic E-state index is 12.2. The van der Waals surface area contributed by atoms with Gasteiger partial charge in [-0.1, -0.05) is 19.8 Å². The van der Waals surface area contributed by atoms with Gasteiger partial charge in [-0.15, -0.1) is 0 Å². The molecular weight excluding hydrogens is 332 g/mol. The molecule has 1 heterocycles. The van der Waals surface area contributed by atoms with Gasteiger partial charge >= 0.3 is 5.97 Å². The van der Waals surface area contributed by atoms with Gasteiger partial charge < -0.3 is 21.1 Å². The van der Waals surface area contributed by atoms with Crippen LogP contribution in [0.2, 0.25) is 0 Å². The number of amidine groups is 1. The number of hydrogen-bond donors (Lipinski definition) is 5. The first-order valence-electron chi connectivity index (χ1n) is 8.87. The van der Waals surface area contributed by atoms with Gasteiger partial charge in [0.1, 0.15) is 11.5 Å². The molecular formula is C19H26N4O3. The molecule has 1 unspecified atom stereocenters. The molecule has 26 heavy (non-hydrogen) atoms. The summed E-state index contributed by atoms with van der Waals surface area (Å²) in [4.78, 5) is 26.1. The number of carboxylic acid groups (broad SMARTS) is 1. The predicted molar refractivity (Wildman–Crippen MR) is 102 cm³/mol. The van der Waals surface area contributed by atoms with Crippen molar-refractivity contribution in [2.45, 2.75) is 39.0 Å². The molecule has 0 radical (unpaired) electrons. The standard InChI is InChI=1S/C19H26N4O3/c1-2-12(9-17(24)25)5-3-4-8-22-19(26)16-11-14-10-13(18(20)21)6-7-15(14)23-16/h6-7,10-12,23H,2-5,8-9H2,1H3,(H3,20,21)(H,22,26)(H,24,25). The van der Waals surface area contributed by atoms with Crippen molar-refractivity contribution >= 4 is 28.6 Å². The molecule has 2 aromatic rings. The van der Waals surface area contributed by atoms with Gasteiger partial charge in [-0.2, -0.15) is 0 Å². The van der Waals surface area contributed by atoms with Gasteiger partial charge in [-0.3, -0.25) is 15.0 Å². The number of carbonyl (C=O) groups excluding carboxylic acids is 1. The number of carboxylic acids is 1. The van der Waals surface area contributed by atoms with Crippen LogP contribution >= 0.6 is 0 Å². The summed E-state index contributed by atoms with van der Waals surface area (Å²) in [6.07, 6.45) is 3.63. The van der Waals surface area contributed by atoms with E-state index in [1.54, 1.807) is 24.3 Å². The van der Waals surface area contributed by atoms with Crippen molar-refractivity contribution in [2.75, 3.05) is 6.54 Å². The Bertz CT molecular complexity index is 797. The van der Waals surface area contributed by atoms with Crippen molar-refractivity contribution in [3.8, 4) is 0 Å². The Balaban J connectivity index is 1.81. The van der Waals surface area contributed by atoms with Crippen LogP contribution in [0.25, 0.3) is 10.9 Å². The smallest absolute Gasteiger partial charge is 0.303 e. The van der Waals surface area contributed by atoms with E-state index in [9.17, 15) is 9.59 Å². The molecule has 1 aromatic carbocycles. The molecule has 0 aliphatic heterocycles. The van der Waals surface area contributed by atoms with Crippen molar-refractivity contribution in [3.05, 3.63) is 35.5 Å². The third-order valence-corrected chi connectivity index (χ3v) is 4.54. The molecule has 1 aromatic heterocycles. The number of H-pyrrole nitrogens is 1. The van der Waals surface area contributed by atoms with Gasteiger partial charge in [-0.05, 0) is 43.0 Å². The molecule has 0 spiro atoms. The van der Waals surface area contributed by atoms with E-state index in [4.69, 9.17) is 16.2 Å². The summed E-state index contributed by atoms with van der Waals surface area (Å²) < 4.78 is 0. The van der Waals surface area contributed by atoms with E-state index in [0.717, 1.165) is 36.6 Å². The zero-order valence-corrected chi connectivity index (χ0v) is 15.0. The fraction of sp³-hybridized carbons (Fsp3) is 0.421. The van der Waals surface area contributed by atoms with E-state index in [0.29, 0.717) is 17.8 Å². The largest absolute Gasteiger partial charge is 0.481 e. The number of unbranched alkanes of at least 4 members (excludes halogenated alkanes) is 1. The number of benzene rings is 1. The van der Waals surface area contributed by atoms with Crippen LogP contribution < -0.4 is 11.1 Å². The third kappa shape index (κ3) is 5.34. The van der Waals surface area contributed by atoms with Crippen LogP contribution in [0, 0.1) is 11.3 Å². The topological polar surface area (TPSA) is 132 Å². The molecule has 0 bridgehead atoms. The first-order valence-corrected chi connectivity index (χ1v) is 8.87. The first kappa shape index (κ1) is 19.5. The van der Waals surface area contributed by atoms with E-state index in [-0.39, 0.29) is 24.1 Å². The minimum Gasteiger partial charge on any atom is -0.481 e. The minimum atomic E-state index is -0.753. The molecule has 0 saturated carbocycles. The number of nitrogens with two attached hydrogens (primary N) is 1. The Morgan fingerprint density at radius 1 is 1.31 bits per heavy atom. The second-order valence-corrected chi connectivity index (χ2v) is 6.52. The average molecular weight is 358 g/mol. The highest BCUT2D eigenvalue weighted by Gasteiger charge is 2.12.